The molecule has 5 heteroatoms. The highest BCUT2D eigenvalue weighted by Crippen LogP contribution is 2.00. The summed E-state index contributed by atoms with van der Waals surface area (Å²) in [5, 5.41) is 9.35. The Labute approximate surface area is 86.2 Å². The van der Waals surface area contributed by atoms with E-state index in [0.717, 1.165) is 6.42 Å². The number of aliphatic hydroxyl groups excluding tert-OH is 1. The van der Waals surface area contributed by atoms with Gasteiger partial charge in [0.15, 0.2) is 0 Å². The molecule has 0 saturated carbocycles. The Morgan fingerprint density at radius 1 is 1.43 bits per heavy atom. The summed E-state index contributed by atoms with van der Waals surface area (Å²) in [6.45, 7) is 2.94. The number of sulfone groups is 1. The molecule has 0 rings (SSSR count). The van der Waals surface area contributed by atoms with Crippen molar-refractivity contribution in [3.8, 4) is 0 Å². The van der Waals surface area contributed by atoms with Gasteiger partial charge < -0.3 is 9.84 Å². The Morgan fingerprint density at radius 2 is 2.07 bits per heavy atom. The van der Waals surface area contributed by atoms with Crippen LogP contribution in [0.5, 0.6) is 0 Å². The van der Waals surface area contributed by atoms with Gasteiger partial charge in [0.25, 0.3) is 0 Å². The smallest absolute Gasteiger partial charge is 0.147 e. The first kappa shape index (κ1) is 13.9. The van der Waals surface area contributed by atoms with E-state index < -0.39 is 15.9 Å². The van der Waals surface area contributed by atoms with Gasteiger partial charge in [-0.2, -0.15) is 0 Å². The summed E-state index contributed by atoms with van der Waals surface area (Å²) in [5.74, 6) is 0.137. The van der Waals surface area contributed by atoms with E-state index in [4.69, 9.17) is 4.74 Å². The van der Waals surface area contributed by atoms with E-state index in [0.29, 0.717) is 26.1 Å². The molecule has 0 aliphatic heterocycles. The highest BCUT2D eigenvalue weighted by atomic mass is 32.2. The molecule has 0 aliphatic rings. The summed E-state index contributed by atoms with van der Waals surface area (Å²) in [6, 6.07) is 0. The zero-order valence-electron chi connectivity index (χ0n) is 8.90. The van der Waals surface area contributed by atoms with E-state index in [-0.39, 0.29) is 5.75 Å². The molecular formula is C9H20O4S. The van der Waals surface area contributed by atoms with Gasteiger partial charge in [-0.3, -0.25) is 0 Å². The average Bonchev–Trinajstić information content (AvgIpc) is 2.02. The molecular weight excluding hydrogens is 204 g/mol. The van der Waals surface area contributed by atoms with E-state index in [1.165, 1.54) is 6.26 Å². The number of hydrogen-bond acceptors (Lipinski definition) is 4. The molecule has 0 aromatic heterocycles. The first-order valence-corrected chi connectivity index (χ1v) is 6.95. The van der Waals surface area contributed by atoms with Crippen LogP contribution in [0.25, 0.3) is 0 Å². The van der Waals surface area contributed by atoms with Crippen molar-refractivity contribution >= 4 is 9.84 Å². The van der Waals surface area contributed by atoms with Crippen LogP contribution in [-0.4, -0.2) is 44.9 Å². The van der Waals surface area contributed by atoms with Crippen LogP contribution < -0.4 is 0 Å². The van der Waals surface area contributed by atoms with Crippen LogP contribution in [0.4, 0.5) is 0 Å². The predicted molar refractivity (Wildman–Crippen MR) is 56.1 cm³/mol. The van der Waals surface area contributed by atoms with Gasteiger partial charge >= 0.3 is 0 Å². The third-order valence-electron chi connectivity index (χ3n) is 1.71. The molecule has 86 valence electrons. The van der Waals surface area contributed by atoms with Crippen LogP contribution >= 0.6 is 0 Å². The van der Waals surface area contributed by atoms with E-state index in [1.54, 1.807) is 0 Å². The summed E-state index contributed by atoms with van der Waals surface area (Å²) >= 11 is 0. The molecule has 0 saturated heterocycles. The second-order valence-electron chi connectivity index (χ2n) is 3.50. The van der Waals surface area contributed by atoms with Crippen LogP contribution in [0.2, 0.25) is 0 Å². The van der Waals surface area contributed by atoms with Gasteiger partial charge in [-0.25, -0.2) is 8.42 Å². The van der Waals surface area contributed by atoms with Crippen molar-refractivity contribution in [1.82, 2.24) is 0 Å². The van der Waals surface area contributed by atoms with Gasteiger partial charge in [0.1, 0.15) is 9.84 Å². The molecule has 1 atom stereocenters. The summed E-state index contributed by atoms with van der Waals surface area (Å²) in [6.07, 6.45) is 2.57. The van der Waals surface area contributed by atoms with Crippen LogP contribution in [0.15, 0.2) is 0 Å². The molecule has 0 bridgehead atoms. The van der Waals surface area contributed by atoms with Gasteiger partial charge in [0.2, 0.25) is 0 Å². The largest absolute Gasteiger partial charge is 0.391 e. The quantitative estimate of drug-likeness (QED) is 0.613. The highest BCUT2D eigenvalue weighted by molar-refractivity contribution is 7.90. The number of hydrogen-bond donors (Lipinski definition) is 1. The van der Waals surface area contributed by atoms with Crippen molar-refractivity contribution in [3.05, 3.63) is 0 Å². The van der Waals surface area contributed by atoms with Crippen molar-refractivity contribution in [2.45, 2.75) is 32.3 Å². The molecule has 0 radical (unpaired) electrons. The van der Waals surface area contributed by atoms with Crippen molar-refractivity contribution in [1.29, 1.82) is 0 Å². The van der Waals surface area contributed by atoms with Crippen molar-refractivity contribution < 1.29 is 18.3 Å². The summed E-state index contributed by atoms with van der Waals surface area (Å²) < 4.78 is 26.6. The Hall–Kier alpha value is -0.130. The summed E-state index contributed by atoms with van der Waals surface area (Å²) in [5.41, 5.74) is 0. The van der Waals surface area contributed by atoms with Crippen LogP contribution in [0, 0.1) is 0 Å². The fourth-order valence-corrected chi connectivity index (χ4v) is 1.72. The fourth-order valence-electron chi connectivity index (χ4n) is 1.03. The number of ether oxygens (including phenoxy) is 1. The topological polar surface area (TPSA) is 63.6 Å². The maximum Gasteiger partial charge on any atom is 0.147 e. The van der Waals surface area contributed by atoms with E-state index in [1.807, 2.05) is 6.92 Å². The van der Waals surface area contributed by atoms with E-state index >= 15 is 0 Å². The zero-order chi connectivity index (χ0) is 11.0. The zero-order valence-corrected chi connectivity index (χ0v) is 9.72. The summed E-state index contributed by atoms with van der Waals surface area (Å²) in [4.78, 5) is 0. The van der Waals surface area contributed by atoms with Gasteiger partial charge in [-0.05, 0) is 19.3 Å². The lowest BCUT2D eigenvalue weighted by atomic mass is 10.2. The number of rotatable bonds is 8. The van der Waals surface area contributed by atoms with Crippen molar-refractivity contribution in [3.63, 3.8) is 0 Å². The van der Waals surface area contributed by atoms with Crippen LogP contribution in [-0.2, 0) is 14.6 Å². The average molecular weight is 224 g/mol. The van der Waals surface area contributed by atoms with Crippen molar-refractivity contribution in [2.75, 3.05) is 25.2 Å². The second kappa shape index (κ2) is 7.20. The maximum absolute atomic E-state index is 10.8. The molecule has 14 heavy (non-hydrogen) atoms. The van der Waals surface area contributed by atoms with Gasteiger partial charge in [0, 0.05) is 18.6 Å². The lowest BCUT2D eigenvalue weighted by Gasteiger charge is -2.09. The molecule has 0 aliphatic carbocycles. The monoisotopic (exact) mass is 224 g/mol. The fraction of sp³-hybridized carbons (Fsp3) is 1.00. The normalized spacial score (nSPS) is 14.2. The minimum absolute atomic E-state index is 0.137. The number of aliphatic hydroxyl groups is 1. The van der Waals surface area contributed by atoms with Crippen molar-refractivity contribution in [2.24, 2.45) is 0 Å². The van der Waals surface area contributed by atoms with E-state index in [9.17, 15) is 13.5 Å². The maximum atomic E-state index is 10.8. The Kier molecular flexibility index (Phi) is 7.13. The Morgan fingerprint density at radius 3 is 2.57 bits per heavy atom. The van der Waals surface area contributed by atoms with E-state index in [2.05, 4.69) is 0 Å². The standard InChI is InChI=1S/C9H20O4S/c1-3-6-13-8-9(10)5-4-7-14(2,11)12/h9-10H,3-8H2,1-2H3. The molecule has 0 fully saturated rings. The molecule has 1 N–H and O–H groups in total. The SMILES string of the molecule is CCCOCC(O)CCCS(C)(=O)=O. The minimum Gasteiger partial charge on any atom is -0.391 e. The lowest BCUT2D eigenvalue weighted by Crippen LogP contribution is -2.17. The third-order valence-corrected chi connectivity index (χ3v) is 2.74. The lowest BCUT2D eigenvalue weighted by molar-refractivity contribution is 0.0326. The molecule has 0 amide bonds. The van der Waals surface area contributed by atoms with Gasteiger partial charge in [-0.15, -0.1) is 0 Å². The molecule has 0 heterocycles. The Bertz CT molecular complexity index is 223. The highest BCUT2D eigenvalue weighted by Gasteiger charge is 2.07. The predicted octanol–water partition coefficient (Wildman–Crippen LogP) is 0.599. The van der Waals surface area contributed by atoms with Gasteiger partial charge in [-0.1, -0.05) is 6.92 Å². The molecule has 1 unspecified atom stereocenters. The molecule has 0 aromatic carbocycles. The van der Waals surface area contributed by atoms with Crippen LogP contribution in [0.1, 0.15) is 26.2 Å². The Balaban J connectivity index is 3.40. The molecule has 0 spiro atoms. The summed E-state index contributed by atoms with van der Waals surface area (Å²) in [7, 11) is -2.90. The first-order chi connectivity index (χ1) is 6.45. The second-order valence-corrected chi connectivity index (χ2v) is 5.76. The molecule has 4 nitrogen and oxygen atoms in total. The van der Waals surface area contributed by atoms with Gasteiger partial charge in [0.05, 0.1) is 12.7 Å². The third kappa shape index (κ3) is 9.95. The first-order valence-electron chi connectivity index (χ1n) is 4.89. The van der Waals surface area contributed by atoms with Crippen LogP contribution in [0.3, 0.4) is 0 Å². The minimum atomic E-state index is -2.90. The molecule has 0 aromatic rings.